The number of rotatable bonds is 5. The van der Waals surface area contributed by atoms with E-state index in [1.54, 1.807) is 18.2 Å². The van der Waals surface area contributed by atoms with Crippen molar-refractivity contribution in [3.05, 3.63) is 61.2 Å². The van der Waals surface area contributed by atoms with E-state index < -0.39 is 22.3 Å². The highest BCUT2D eigenvalue weighted by atomic mass is 127. The van der Waals surface area contributed by atoms with E-state index in [2.05, 4.69) is 33.1 Å². The Hall–Kier alpha value is -2.69. The molecule has 2 aromatic rings. The first-order chi connectivity index (χ1) is 11.4. The quantitative estimate of drug-likeness (QED) is 0.321. The molecule has 0 saturated carbocycles. The van der Waals surface area contributed by atoms with Crippen molar-refractivity contribution >= 4 is 40.4 Å². The minimum atomic E-state index is -0.705. The topological polar surface area (TPSA) is 114 Å². The molecule has 1 amide bonds. The summed E-state index contributed by atoms with van der Waals surface area (Å²) in [5.41, 5.74) is 2.61. The van der Waals surface area contributed by atoms with E-state index in [4.69, 9.17) is 4.74 Å². The molecular formula is C15H12IN3O5. The summed E-state index contributed by atoms with van der Waals surface area (Å²) in [7, 11) is 1.51. The molecule has 2 N–H and O–H groups in total. The van der Waals surface area contributed by atoms with Crippen molar-refractivity contribution in [2.75, 3.05) is 7.11 Å². The molecule has 0 fully saturated rings. The molecule has 0 radical (unpaired) electrons. The second-order valence-electron chi connectivity index (χ2n) is 4.55. The Labute approximate surface area is 150 Å². The third-order valence-electron chi connectivity index (χ3n) is 2.99. The molecule has 0 unspecified atom stereocenters. The lowest BCUT2D eigenvalue weighted by Gasteiger charge is -2.05. The zero-order chi connectivity index (χ0) is 17.7. The molecule has 0 aliphatic heterocycles. The maximum atomic E-state index is 12.0. The molecule has 124 valence electrons. The van der Waals surface area contributed by atoms with Gasteiger partial charge in [0.25, 0.3) is 5.91 Å². The monoisotopic (exact) mass is 441 g/mol. The Kier molecular flexibility index (Phi) is 5.68. The van der Waals surface area contributed by atoms with Gasteiger partial charge in [-0.2, -0.15) is 5.10 Å². The average molecular weight is 441 g/mol. The van der Waals surface area contributed by atoms with Crippen LogP contribution in [0.2, 0.25) is 0 Å². The SMILES string of the molecule is COc1cc(C(=O)N/N=C\c2ccc(O)c([N+](=O)[O-])c2)ccc1I. The number of carbonyl (C=O) groups excluding carboxylic acids is 1. The number of amides is 1. The van der Waals surface area contributed by atoms with Gasteiger partial charge in [-0.05, 0) is 52.9 Å². The van der Waals surface area contributed by atoms with Gasteiger partial charge >= 0.3 is 5.69 Å². The molecule has 0 heterocycles. The molecule has 24 heavy (non-hydrogen) atoms. The van der Waals surface area contributed by atoms with Crippen molar-refractivity contribution in [1.29, 1.82) is 0 Å². The van der Waals surface area contributed by atoms with Crippen LogP contribution in [0.4, 0.5) is 5.69 Å². The predicted octanol–water partition coefficient (Wildman–Crippen LogP) is 2.68. The maximum absolute atomic E-state index is 12.0. The third kappa shape index (κ3) is 4.19. The van der Waals surface area contributed by atoms with Crippen molar-refractivity contribution in [1.82, 2.24) is 5.43 Å². The van der Waals surface area contributed by atoms with E-state index in [0.717, 1.165) is 9.64 Å². The van der Waals surface area contributed by atoms with Crippen LogP contribution in [0.25, 0.3) is 0 Å². The van der Waals surface area contributed by atoms with Crippen LogP contribution in [-0.2, 0) is 0 Å². The standard InChI is InChI=1S/C15H12IN3O5/c1-24-14-7-10(3-4-11(14)16)15(21)18-17-8-9-2-5-13(20)12(6-9)19(22)23/h2-8,20H,1H3,(H,18,21)/b17-8-. The summed E-state index contributed by atoms with van der Waals surface area (Å²) in [5, 5.41) is 23.9. The smallest absolute Gasteiger partial charge is 0.311 e. The van der Waals surface area contributed by atoms with Gasteiger partial charge in [0, 0.05) is 17.2 Å². The van der Waals surface area contributed by atoms with Gasteiger partial charge < -0.3 is 9.84 Å². The lowest BCUT2D eigenvalue weighted by Crippen LogP contribution is -2.17. The number of carbonyl (C=O) groups is 1. The third-order valence-corrected chi connectivity index (χ3v) is 3.88. The van der Waals surface area contributed by atoms with Crippen LogP contribution in [0.15, 0.2) is 41.5 Å². The minimum absolute atomic E-state index is 0.361. The fraction of sp³-hybridized carbons (Fsp3) is 0.0667. The van der Waals surface area contributed by atoms with Gasteiger partial charge in [-0.1, -0.05) is 0 Å². The molecule has 0 bridgehead atoms. The minimum Gasteiger partial charge on any atom is -0.502 e. The fourth-order valence-electron chi connectivity index (χ4n) is 1.80. The predicted molar refractivity (Wildman–Crippen MR) is 95.5 cm³/mol. The normalized spacial score (nSPS) is 10.6. The lowest BCUT2D eigenvalue weighted by molar-refractivity contribution is -0.385. The number of aromatic hydroxyl groups is 1. The molecule has 9 heteroatoms. The number of hydrazone groups is 1. The van der Waals surface area contributed by atoms with Crippen molar-refractivity contribution < 1.29 is 19.6 Å². The average Bonchev–Trinajstić information content (AvgIpc) is 2.56. The zero-order valence-corrected chi connectivity index (χ0v) is 14.6. The number of nitrogens with one attached hydrogen (secondary N) is 1. The second-order valence-corrected chi connectivity index (χ2v) is 5.72. The molecule has 2 rings (SSSR count). The number of ether oxygens (including phenoxy) is 1. The number of nitrogens with zero attached hydrogens (tertiary/aromatic N) is 2. The lowest BCUT2D eigenvalue weighted by atomic mass is 10.2. The number of benzene rings is 2. The highest BCUT2D eigenvalue weighted by Gasteiger charge is 2.13. The van der Waals surface area contributed by atoms with Crippen LogP contribution in [0.5, 0.6) is 11.5 Å². The van der Waals surface area contributed by atoms with E-state index in [1.165, 1.54) is 25.5 Å². The number of phenols is 1. The van der Waals surface area contributed by atoms with Crippen molar-refractivity contribution in [3.8, 4) is 11.5 Å². The Morgan fingerprint density at radius 1 is 1.38 bits per heavy atom. The van der Waals surface area contributed by atoms with Gasteiger partial charge in [-0.25, -0.2) is 5.43 Å². The Morgan fingerprint density at radius 2 is 2.12 bits per heavy atom. The van der Waals surface area contributed by atoms with Gasteiger partial charge in [0.1, 0.15) is 5.75 Å². The molecule has 8 nitrogen and oxygen atoms in total. The first-order valence-electron chi connectivity index (χ1n) is 6.56. The summed E-state index contributed by atoms with van der Waals surface area (Å²) in [6, 6.07) is 8.72. The van der Waals surface area contributed by atoms with Crippen LogP contribution >= 0.6 is 22.6 Å². The van der Waals surface area contributed by atoms with Gasteiger partial charge in [0.15, 0.2) is 5.75 Å². The van der Waals surface area contributed by atoms with Crippen molar-refractivity contribution in [2.45, 2.75) is 0 Å². The van der Waals surface area contributed by atoms with Crippen LogP contribution in [0.1, 0.15) is 15.9 Å². The number of nitro groups is 1. The summed E-state index contributed by atoms with van der Waals surface area (Å²) in [4.78, 5) is 22.1. The maximum Gasteiger partial charge on any atom is 0.311 e. The van der Waals surface area contributed by atoms with E-state index in [1.807, 2.05) is 0 Å². The van der Waals surface area contributed by atoms with E-state index in [9.17, 15) is 20.0 Å². The molecular weight excluding hydrogens is 429 g/mol. The van der Waals surface area contributed by atoms with Crippen LogP contribution in [0, 0.1) is 13.7 Å². The zero-order valence-electron chi connectivity index (χ0n) is 12.4. The molecule has 0 aliphatic carbocycles. The second kappa shape index (κ2) is 7.73. The largest absolute Gasteiger partial charge is 0.502 e. The number of nitro benzene ring substituents is 1. The van der Waals surface area contributed by atoms with Crippen LogP contribution in [0.3, 0.4) is 0 Å². The van der Waals surface area contributed by atoms with Gasteiger partial charge in [-0.3, -0.25) is 14.9 Å². The Balaban J connectivity index is 2.10. The molecule has 0 aromatic heterocycles. The first kappa shape index (κ1) is 17.7. The summed E-state index contributed by atoms with van der Waals surface area (Å²) in [5.74, 6) is -0.317. The molecule has 2 aromatic carbocycles. The summed E-state index contributed by atoms with van der Waals surface area (Å²) < 4.78 is 6.01. The van der Waals surface area contributed by atoms with Gasteiger partial charge in [0.05, 0.1) is 21.8 Å². The van der Waals surface area contributed by atoms with E-state index in [-0.39, 0.29) is 0 Å². The molecule has 0 aliphatic rings. The highest BCUT2D eigenvalue weighted by molar-refractivity contribution is 14.1. The summed E-state index contributed by atoms with van der Waals surface area (Å²) >= 11 is 2.09. The van der Waals surface area contributed by atoms with Crippen molar-refractivity contribution in [2.24, 2.45) is 5.10 Å². The van der Waals surface area contributed by atoms with E-state index in [0.29, 0.717) is 16.9 Å². The fourth-order valence-corrected chi connectivity index (χ4v) is 2.35. The molecule has 0 atom stereocenters. The number of methoxy groups -OCH3 is 1. The molecule has 0 spiro atoms. The van der Waals surface area contributed by atoms with Gasteiger partial charge in [0.2, 0.25) is 0 Å². The highest BCUT2D eigenvalue weighted by Crippen LogP contribution is 2.25. The first-order valence-corrected chi connectivity index (χ1v) is 7.64. The van der Waals surface area contributed by atoms with Gasteiger partial charge in [-0.15, -0.1) is 0 Å². The number of hydrogen-bond acceptors (Lipinski definition) is 6. The molecule has 0 saturated heterocycles. The van der Waals surface area contributed by atoms with E-state index >= 15 is 0 Å². The number of phenolic OH excluding ortho intramolecular Hbond substituents is 1. The number of halogens is 1. The Morgan fingerprint density at radius 3 is 2.79 bits per heavy atom. The summed E-state index contributed by atoms with van der Waals surface area (Å²) in [6.45, 7) is 0. The van der Waals surface area contributed by atoms with Crippen LogP contribution in [-0.4, -0.2) is 29.3 Å². The number of hydrogen-bond donors (Lipinski definition) is 2. The van der Waals surface area contributed by atoms with Crippen LogP contribution < -0.4 is 10.2 Å². The summed E-state index contributed by atoms with van der Waals surface area (Å²) in [6.07, 6.45) is 1.24. The van der Waals surface area contributed by atoms with Crippen molar-refractivity contribution in [3.63, 3.8) is 0 Å². The Bertz CT molecular complexity index is 823.